The van der Waals surface area contributed by atoms with E-state index in [1.54, 1.807) is 48.5 Å². The van der Waals surface area contributed by atoms with Crippen LogP contribution in [-0.4, -0.2) is 29.9 Å². The van der Waals surface area contributed by atoms with Crippen LogP contribution >= 0.6 is 22.9 Å². The van der Waals surface area contributed by atoms with Crippen LogP contribution in [0.3, 0.4) is 0 Å². The van der Waals surface area contributed by atoms with Crippen LogP contribution in [0.25, 0.3) is 0 Å². The number of amides is 1. The maximum absolute atomic E-state index is 12.5. The van der Waals surface area contributed by atoms with Crippen LogP contribution in [0, 0.1) is 6.92 Å². The zero-order chi connectivity index (χ0) is 14.7. The van der Waals surface area contributed by atoms with Gasteiger partial charge in [0.15, 0.2) is 0 Å². The van der Waals surface area contributed by atoms with Gasteiger partial charge in [0.1, 0.15) is 0 Å². The summed E-state index contributed by atoms with van der Waals surface area (Å²) < 4.78 is 0. The zero-order valence-electron chi connectivity index (χ0n) is 11.6. The number of hydrogen-bond acceptors (Lipinski definition) is 4. The number of nitrogens with zero attached hydrogens (tertiary/aromatic N) is 2. The Balaban J connectivity index is 2.20. The predicted octanol–water partition coefficient (Wildman–Crippen LogP) is 3.42. The highest BCUT2D eigenvalue weighted by atomic mass is 35.5. The molecule has 2 rings (SSSR count). The summed E-state index contributed by atoms with van der Waals surface area (Å²) >= 11 is 7.56. The van der Waals surface area contributed by atoms with E-state index in [2.05, 4.69) is 10.3 Å². The van der Waals surface area contributed by atoms with Gasteiger partial charge in [-0.1, -0.05) is 11.6 Å². The minimum atomic E-state index is -0.0810. The van der Waals surface area contributed by atoms with Gasteiger partial charge in [0, 0.05) is 30.2 Å². The maximum atomic E-state index is 12.5. The lowest BCUT2D eigenvalue weighted by Crippen LogP contribution is -2.27. The fraction of sp³-hybridized carbons (Fsp3) is 0.286. The summed E-state index contributed by atoms with van der Waals surface area (Å²) in [5.74, 6) is -0.0810. The molecule has 1 heterocycles. The molecule has 0 unspecified atom stereocenters. The average molecular weight is 310 g/mol. The van der Waals surface area contributed by atoms with E-state index in [0.29, 0.717) is 17.1 Å². The molecule has 6 heteroatoms. The Morgan fingerprint density at radius 3 is 2.85 bits per heavy atom. The lowest BCUT2D eigenvalue weighted by Gasteiger charge is -2.18. The minimum Gasteiger partial charge on any atom is -0.387 e. The Morgan fingerprint density at radius 1 is 1.50 bits per heavy atom. The lowest BCUT2D eigenvalue weighted by atomic mass is 10.1. The minimum absolute atomic E-state index is 0.0810. The monoisotopic (exact) mass is 309 g/mol. The fourth-order valence-electron chi connectivity index (χ4n) is 1.91. The summed E-state index contributed by atoms with van der Waals surface area (Å²) in [6, 6.07) is 5.24. The first-order valence-corrected chi connectivity index (χ1v) is 7.41. The Morgan fingerprint density at radius 2 is 2.25 bits per heavy atom. The molecule has 106 valence electrons. The van der Waals surface area contributed by atoms with Crippen molar-refractivity contribution in [3.63, 3.8) is 0 Å². The number of thiazole rings is 1. The Labute approximate surface area is 127 Å². The highest BCUT2D eigenvalue weighted by Gasteiger charge is 2.17. The number of carbonyl (C=O) groups is 1. The lowest BCUT2D eigenvalue weighted by molar-refractivity contribution is 0.0784. The SMILES string of the molecule is CNc1ccc(Cl)cc1C(=O)N(C)Cc1csc(C)n1. The fourth-order valence-corrected chi connectivity index (χ4v) is 2.69. The van der Waals surface area contributed by atoms with E-state index < -0.39 is 0 Å². The van der Waals surface area contributed by atoms with E-state index in [1.807, 2.05) is 12.3 Å². The molecule has 0 spiro atoms. The number of halogens is 1. The molecule has 0 aliphatic carbocycles. The summed E-state index contributed by atoms with van der Waals surface area (Å²) in [6.45, 7) is 2.44. The second-order valence-electron chi connectivity index (χ2n) is 4.46. The molecule has 0 fully saturated rings. The molecule has 1 amide bonds. The van der Waals surface area contributed by atoms with Crippen LogP contribution in [-0.2, 0) is 6.54 Å². The molecule has 0 saturated carbocycles. The van der Waals surface area contributed by atoms with Gasteiger partial charge in [-0.2, -0.15) is 0 Å². The number of aromatic nitrogens is 1. The molecule has 0 aliphatic heterocycles. The molecule has 0 saturated heterocycles. The normalized spacial score (nSPS) is 10.4. The number of benzene rings is 1. The van der Waals surface area contributed by atoms with Crippen LogP contribution in [0.1, 0.15) is 21.1 Å². The summed E-state index contributed by atoms with van der Waals surface area (Å²) in [7, 11) is 3.54. The quantitative estimate of drug-likeness (QED) is 0.941. The molecule has 20 heavy (non-hydrogen) atoms. The first-order chi connectivity index (χ1) is 9.51. The molecule has 0 atom stereocenters. The van der Waals surface area contributed by atoms with Gasteiger partial charge in [0.25, 0.3) is 5.91 Å². The van der Waals surface area contributed by atoms with E-state index in [-0.39, 0.29) is 5.91 Å². The van der Waals surface area contributed by atoms with Crippen LogP contribution in [0.4, 0.5) is 5.69 Å². The second-order valence-corrected chi connectivity index (χ2v) is 5.96. The largest absolute Gasteiger partial charge is 0.387 e. The summed E-state index contributed by atoms with van der Waals surface area (Å²) in [5, 5.41) is 6.52. The van der Waals surface area contributed by atoms with Crippen molar-refractivity contribution in [2.75, 3.05) is 19.4 Å². The van der Waals surface area contributed by atoms with Gasteiger partial charge in [0.2, 0.25) is 0 Å². The summed E-state index contributed by atoms with van der Waals surface area (Å²) in [4.78, 5) is 18.5. The highest BCUT2D eigenvalue weighted by molar-refractivity contribution is 7.09. The van der Waals surface area contributed by atoms with Crippen LogP contribution in [0.5, 0.6) is 0 Å². The van der Waals surface area contributed by atoms with Gasteiger partial charge >= 0.3 is 0 Å². The molecule has 1 aromatic heterocycles. The third-order valence-corrected chi connectivity index (χ3v) is 3.95. The Hall–Kier alpha value is -1.59. The molecular weight excluding hydrogens is 294 g/mol. The van der Waals surface area contributed by atoms with E-state index in [4.69, 9.17) is 11.6 Å². The molecule has 1 aromatic carbocycles. The van der Waals surface area contributed by atoms with Crippen molar-refractivity contribution in [1.82, 2.24) is 9.88 Å². The van der Waals surface area contributed by atoms with Gasteiger partial charge < -0.3 is 10.2 Å². The van der Waals surface area contributed by atoms with Crippen molar-refractivity contribution in [1.29, 1.82) is 0 Å². The Kier molecular flexibility index (Phi) is 4.62. The van der Waals surface area contributed by atoms with E-state index >= 15 is 0 Å². The molecule has 1 N–H and O–H groups in total. The smallest absolute Gasteiger partial charge is 0.256 e. The summed E-state index contributed by atoms with van der Waals surface area (Å²) in [5.41, 5.74) is 2.23. The predicted molar refractivity (Wildman–Crippen MR) is 83.6 cm³/mol. The van der Waals surface area contributed by atoms with E-state index in [1.165, 1.54) is 0 Å². The first kappa shape index (κ1) is 14.8. The maximum Gasteiger partial charge on any atom is 0.256 e. The number of carbonyl (C=O) groups excluding carboxylic acids is 1. The van der Waals surface area contributed by atoms with Crippen molar-refractivity contribution in [2.45, 2.75) is 13.5 Å². The van der Waals surface area contributed by atoms with E-state index in [0.717, 1.165) is 16.4 Å². The highest BCUT2D eigenvalue weighted by Crippen LogP contribution is 2.22. The molecule has 4 nitrogen and oxygen atoms in total. The van der Waals surface area contributed by atoms with Gasteiger partial charge in [0.05, 0.1) is 22.8 Å². The number of rotatable bonds is 4. The molecule has 2 aromatic rings. The molecule has 0 bridgehead atoms. The number of hydrogen-bond donors (Lipinski definition) is 1. The standard InChI is InChI=1S/C14H16ClN3OS/c1-9-17-11(8-20-9)7-18(3)14(19)12-6-10(15)4-5-13(12)16-2/h4-6,8,16H,7H2,1-3H3. The van der Waals surface area contributed by atoms with Crippen molar-refractivity contribution in [3.8, 4) is 0 Å². The van der Waals surface area contributed by atoms with Gasteiger partial charge in [-0.25, -0.2) is 4.98 Å². The van der Waals surface area contributed by atoms with Gasteiger partial charge in [-0.05, 0) is 25.1 Å². The number of aryl methyl sites for hydroxylation is 1. The van der Waals surface area contributed by atoms with Crippen LogP contribution in [0.2, 0.25) is 5.02 Å². The third kappa shape index (κ3) is 3.29. The molecule has 0 aliphatic rings. The van der Waals surface area contributed by atoms with Crippen LogP contribution < -0.4 is 5.32 Å². The average Bonchev–Trinajstić information content (AvgIpc) is 2.83. The second kappa shape index (κ2) is 6.24. The summed E-state index contributed by atoms with van der Waals surface area (Å²) in [6.07, 6.45) is 0. The zero-order valence-corrected chi connectivity index (χ0v) is 13.2. The van der Waals surface area contributed by atoms with Gasteiger partial charge in [-0.3, -0.25) is 4.79 Å². The topological polar surface area (TPSA) is 45.2 Å². The van der Waals surface area contributed by atoms with Gasteiger partial charge in [-0.15, -0.1) is 11.3 Å². The van der Waals surface area contributed by atoms with Crippen LogP contribution in [0.15, 0.2) is 23.6 Å². The van der Waals surface area contributed by atoms with Crippen molar-refractivity contribution in [3.05, 3.63) is 44.9 Å². The number of nitrogens with one attached hydrogen (secondary N) is 1. The Bertz CT molecular complexity index is 627. The first-order valence-electron chi connectivity index (χ1n) is 6.15. The molecule has 0 radical (unpaired) electrons. The number of anilines is 1. The van der Waals surface area contributed by atoms with E-state index in [9.17, 15) is 4.79 Å². The van der Waals surface area contributed by atoms with Crippen molar-refractivity contribution >= 4 is 34.5 Å². The van der Waals surface area contributed by atoms with Crippen molar-refractivity contribution < 1.29 is 4.79 Å². The third-order valence-electron chi connectivity index (χ3n) is 2.89. The van der Waals surface area contributed by atoms with Crippen molar-refractivity contribution in [2.24, 2.45) is 0 Å². The molecular formula is C14H16ClN3OS.